The summed E-state index contributed by atoms with van der Waals surface area (Å²) in [7, 11) is 3.82. The monoisotopic (exact) mass is 262 g/mol. The zero-order valence-electron chi connectivity index (χ0n) is 11.8. The van der Waals surface area contributed by atoms with E-state index in [-0.39, 0.29) is 11.6 Å². The minimum absolute atomic E-state index is 0.0494. The van der Waals surface area contributed by atoms with Gasteiger partial charge in [-0.1, -0.05) is 6.07 Å². The lowest BCUT2D eigenvalue weighted by molar-refractivity contribution is 0.0461. The molecular formula is C15H22N2O2. The van der Waals surface area contributed by atoms with Crippen LogP contribution in [-0.4, -0.2) is 37.2 Å². The smallest absolute Gasteiger partial charge is 0.128 e. The molecule has 0 radical (unpaired) electrons. The van der Waals surface area contributed by atoms with Gasteiger partial charge in [0.05, 0.1) is 7.11 Å². The average Bonchev–Trinajstić information content (AvgIpc) is 2.63. The molecule has 2 N–H and O–H groups in total. The molecule has 1 aromatic rings. The molecule has 19 heavy (non-hydrogen) atoms. The van der Waals surface area contributed by atoms with Crippen LogP contribution in [0.25, 0.3) is 0 Å². The van der Waals surface area contributed by atoms with E-state index in [1.807, 2.05) is 18.2 Å². The second-order valence-electron chi connectivity index (χ2n) is 5.97. The second-order valence-corrected chi connectivity index (χ2v) is 5.97. The zero-order valence-corrected chi connectivity index (χ0v) is 11.8. The van der Waals surface area contributed by atoms with Crippen LogP contribution in [0.5, 0.6) is 11.5 Å². The van der Waals surface area contributed by atoms with E-state index < -0.39 is 0 Å². The third kappa shape index (κ3) is 2.09. The van der Waals surface area contributed by atoms with Gasteiger partial charge in [-0.3, -0.25) is 4.90 Å². The Balaban J connectivity index is 1.94. The fraction of sp³-hybridized carbons (Fsp3) is 0.600. The van der Waals surface area contributed by atoms with Gasteiger partial charge in [-0.05, 0) is 20.0 Å². The maximum atomic E-state index is 6.34. The normalized spacial score (nSPS) is 34.1. The molecule has 3 atom stereocenters. The molecule has 1 spiro atoms. The highest BCUT2D eigenvalue weighted by Gasteiger charge is 2.47. The standard InChI is InChI=1S/C15H22N2O2/c1-10-7-15(9-17(10)2)8-13(16)12-5-4-11(18-3)6-14(12)19-15/h4-6,10,13H,7-9,16H2,1-3H3/t10?,13-,15?/m1/s1. The van der Waals surface area contributed by atoms with E-state index in [1.165, 1.54) is 0 Å². The second kappa shape index (κ2) is 4.39. The number of hydrogen-bond donors (Lipinski definition) is 1. The molecule has 1 saturated heterocycles. The summed E-state index contributed by atoms with van der Waals surface area (Å²) in [6, 6.07) is 6.52. The van der Waals surface area contributed by atoms with Gasteiger partial charge in [-0.25, -0.2) is 0 Å². The van der Waals surface area contributed by atoms with Crippen LogP contribution < -0.4 is 15.2 Å². The van der Waals surface area contributed by atoms with Crippen LogP contribution in [0.3, 0.4) is 0 Å². The van der Waals surface area contributed by atoms with Crippen molar-refractivity contribution in [2.24, 2.45) is 5.73 Å². The third-order valence-electron chi connectivity index (χ3n) is 4.50. The van der Waals surface area contributed by atoms with E-state index >= 15 is 0 Å². The summed E-state index contributed by atoms with van der Waals surface area (Å²) in [4.78, 5) is 2.35. The molecule has 2 heterocycles. The minimum Gasteiger partial charge on any atom is -0.497 e. The van der Waals surface area contributed by atoms with Crippen LogP contribution in [0.2, 0.25) is 0 Å². The molecule has 104 valence electrons. The number of rotatable bonds is 1. The van der Waals surface area contributed by atoms with Crippen molar-refractivity contribution in [3.63, 3.8) is 0 Å². The molecule has 0 bridgehead atoms. The van der Waals surface area contributed by atoms with E-state index in [4.69, 9.17) is 15.2 Å². The Labute approximate surface area is 114 Å². The molecule has 1 fully saturated rings. The van der Waals surface area contributed by atoms with Crippen LogP contribution in [0.15, 0.2) is 18.2 Å². The first-order valence-corrected chi connectivity index (χ1v) is 6.86. The van der Waals surface area contributed by atoms with Gasteiger partial charge < -0.3 is 15.2 Å². The number of hydrogen-bond acceptors (Lipinski definition) is 4. The number of fused-ring (bicyclic) bond motifs is 1. The maximum Gasteiger partial charge on any atom is 0.128 e. The Bertz CT molecular complexity index is 479. The highest BCUT2D eigenvalue weighted by molar-refractivity contribution is 5.44. The lowest BCUT2D eigenvalue weighted by Gasteiger charge is -2.38. The van der Waals surface area contributed by atoms with Gasteiger partial charge in [0, 0.05) is 43.1 Å². The van der Waals surface area contributed by atoms with Gasteiger partial charge in [-0.2, -0.15) is 0 Å². The molecule has 0 saturated carbocycles. The van der Waals surface area contributed by atoms with Gasteiger partial charge in [-0.15, -0.1) is 0 Å². The highest BCUT2D eigenvalue weighted by atomic mass is 16.5. The summed E-state index contributed by atoms with van der Waals surface area (Å²) in [5.41, 5.74) is 7.30. The average molecular weight is 262 g/mol. The summed E-state index contributed by atoms with van der Waals surface area (Å²) in [6.45, 7) is 3.18. The summed E-state index contributed by atoms with van der Waals surface area (Å²) in [5, 5.41) is 0. The van der Waals surface area contributed by atoms with Crippen LogP contribution in [0, 0.1) is 0 Å². The molecule has 0 amide bonds. The summed E-state index contributed by atoms with van der Waals surface area (Å²) >= 11 is 0. The predicted octanol–water partition coefficient (Wildman–Crippen LogP) is 1.94. The number of likely N-dealkylation sites (tertiary alicyclic amines) is 1. The van der Waals surface area contributed by atoms with Crippen LogP contribution in [0.1, 0.15) is 31.4 Å². The van der Waals surface area contributed by atoms with Crippen molar-refractivity contribution in [2.45, 2.75) is 37.5 Å². The third-order valence-corrected chi connectivity index (χ3v) is 4.50. The lowest BCUT2D eigenvalue weighted by Crippen LogP contribution is -2.44. The van der Waals surface area contributed by atoms with E-state index in [0.717, 1.165) is 36.4 Å². The van der Waals surface area contributed by atoms with E-state index in [9.17, 15) is 0 Å². The largest absolute Gasteiger partial charge is 0.497 e. The predicted molar refractivity (Wildman–Crippen MR) is 74.6 cm³/mol. The molecule has 1 aromatic carbocycles. The lowest BCUT2D eigenvalue weighted by atomic mass is 9.86. The van der Waals surface area contributed by atoms with Crippen molar-refractivity contribution < 1.29 is 9.47 Å². The number of benzene rings is 1. The molecule has 0 aliphatic carbocycles. The Morgan fingerprint density at radius 2 is 2.21 bits per heavy atom. The number of ether oxygens (including phenoxy) is 2. The number of likely N-dealkylation sites (N-methyl/N-ethyl adjacent to an activating group) is 1. The molecule has 3 rings (SSSR count). The maximum absolute atomic E-state index is 6.34. The summed E-state index contributed by atoms with van der Waals surface area (Å²) in [6.07, 6.45) is 1.93. The number of nitrogens with two attached hydrogens (primary N) is 1. The number of methoxy groups -OCH3 is 1. The molecule has 4 heteroatoms. The fourth-order valence-corrected chi connectivity index (χ4v) is 3.41. The first kappa shape index (κ1) is 12.8. The van der Waals surface area contributed by atoms with Gasteiger partial charge in [0.2, 0.25) is 0 Å². The minimum atomic E-state index is -0.132. The topological polar surface area (TPSA) is 47.7 Å². The molecular weight excluding hydrogens is 240 g/mol. The first-order chi connectivity index (χ1) is 9.03. The Kier molecular flexibility index (Phi) is 2.95. The molecule has 4 nitrogen and oxygen atoms in total. The molecule has 2 aliphatic heterocycles. The SMILES string of the molecule is COc1ccc2c(c1)OC1(CC(C)N(C)C1)C[C@H]2N. The molecule has 0 aromatic heterocycles. The van der Waals surface area contributed by atoms with Crippen molar-refractivity contribution in [3.8, 4) is 11.5 Å². The Hall–Kier alpha value is -1.26. The van der Waals surface area contributed by atoms with E-state index in [0.29, 0.717) is 6.04 Å². The quantitative estimate of drug-likeness (QED) is 0.840. The van der Waals surface area contributed by atoms with Crippen molar-refractivity contribution in [1.82, 2.24) is 4.90 Å². The van der Waals surface area contributed by atoms with Crippen LogP contribution >= 0.6 is 0 Å². The van der Waals surface area contributed by atoms with Crippen molar-refractivity contribution in [1.29, 1.82) is 0 Å². The summed E-state index contributed by atoms with van der Waals surface area (Å²) < 4.78 is 11.6. The highest BCUT2D eigenvalue weighted by Crippen LogP contribution is 2.45. The number of nitrogens with zero attached hydrogens (tertiary/aromatic N) is 1. The van der Waals surface area contributed by atoms with Gasteiger partial charge in [0.15, 0.2) is 0 Å². The summed E-state index contributed by atoms with van der Waals surface area (Å²) in [5.74, 6) is 1.71. The van der Waals surface area contributed by atoms with Gasteiger partial charge >= 0.3 is 0 Å². The van der Waals surface area contributed by atoms with E-state index in [1.54, 1.807) is 7.11 Å². The van der Waals surface area contributed by atoms with Gasteiger partial charge in [0.1, 0.15) is 17.1 Å². The van der Waals surface area contributed by atoms with Crippen molar-refractivity contribution in [3.05, 3.63) is 23.8 Å². The van der Waals surface area contributed by atoms with Crippen molar-refractivity contribution >= 4 is 0 Å². The molecule has 2 unspecified atom stereocenters. The first-order valence-electron chi connectivity index (χ1n) is 6.86. The Morgan fingerprint density at radius 3 is 2.84 bits per heavy atom. The van der Waals surface area contributed by atoms with Crippen LogP contribution in [0.4, 0.5) is 0 Å². The Morgan fingerprint density at radius 1 is 1.42 bits per heavy atom. The van der Waals surface area contributed by atoms with Crippen LogP contribution in [-0.2, 0) is 0 Å². The zero-order chi connectivity index (χ0) is 13.6. The fourth-order valence-electron chi connectivity index (χ4n) is 3.41. The van der Waals surface area contributed by atoms with Crippen molar-refractivity contribution in [2.75, 3.05) is 20.7 Å². The van der Waals surface area contributed by atoms with E-state index in [2.05, 4.69) is 18.9 Å². The molecule has 2 aliphatic rings. The van der Waals surface area contributed by atoms with Gasteiger partial charge in [0.25, 0.3) is 0 Å².